The number of phosphoric acid groups is 5. The van der Waals surface area contributed by atoms with Gasteiger partial charge in [-0.05, 0) is 302 Å². The summed E-state index contributed by atoms with van der Waals surface area (Å²) in [6.45, 7) is 57.7. The second-order valence-electron chi connectivity index (χ2n) is 40.9. The molecule has 10 fully saturated rings. The predicted molar refractivity (Wildman–Crippen MR) is 509 cm³/mol. The summed E-state index contributed by atoms with van der Waals surface area (Å²) in [5.41, 5.74) is 28.1. The Hall–Kier alpha value is 3.72. The fourth-order valence-corrected chi connectivity index (χ4v) is 21.8. The molecule has 34 atom stereocenters. The van der Waals surface area contributed by atoms with Crippen molar-refractivity contribution in [3.8, 4) is 0 Å². The van der Waals surface area contributed by atoms with E-state index >= 15 is 0 Å². The zero-order valence-corrected chi connectivity index (χ0v) is 113. The first-order valence-corrected chi connectivity index (χ1v) is 57.2. The Labute approximate surface area is 961 Å². The van der Waals surface area contributed by atoms with Crippen LogP contribution in [-0.2, 0) is 284 Å². The van der Waals surface area contributed by atoms with Crippen LogP contribution in [0.1, 0.15) is 259 Å². The summed E-state index contributed by atoms with van der Waals surface area (Å²) in [4.78, 5) is 62.2. The van der Waals surface area contributed by atoms with Crippen LogP contribution in [0.25, 0.3) is 0 Å². The first kappa shape index (κ1) is 151. The molecule has 55 heteroatoms. The average molecular weight is 3230 g/mol. The number of hydrogen-bond donors (Lipinski definition) is 5. The van der Waals surface area contributed by atoms with Gasteiger partial charge >= 0.3 is 0 Å². The Kier molecular flexibility index (Phi) is 72.3. The van der Waals surface area contributed by atoms with Crippen LogP contribution in [-0.4, -0.2) is 291 Å². The third-order valence-electron chi connectivity index (χ3n) is 23.7. The molecule has 872 valence electrons. The Balaban J connectivity index is 0.00000179. The standard InChI is InChI=1S/C19H37NO8P.C19H37NO7P.3C18H35NO8P.6W/c1-12(2)23-11-19(10-20)18(8-15(6)27-19)28-29(21,22)24-9-17-16(25-13(3)4)7-14(5)26-17;1-11(2)23-9-15-16(7-13(5)19(15)20)27-28(21,22)24-10-18-17(25-12(3)4)8-14(6)26-18;1-11(2)22-10-18(19)17(8-14(6)26-18)27-28(20,21)23-9-16-15(24-12(3)4)7-13(5)25-16;2*1-10(2)22-8-16-18(17(19)13(6)26-16)27-28(20,21)23-9-15-14(24-11(3)4)7-12(5)25-15;;;;;;/h12-16,18H,7-11,20H2,1-6H3,(H,21,22);11-17,19H,7-10,20H2,1-6H3,(H,21,22);11-15,17H,7-10,19H2,1-6H3,(H,20,21);10-14,16-18H,7-9,19H2,1-6H3,(H,20,21);9-18H,7-8,19H2,1-6H3,(H,20,21);;;;;;/q5*-1;;;;;;/p-5/t14-,15-,16+,18+,19+;13-,14-,15+,16+,17+,19?;13-,14-,15+,17+,18+;12-,13-,14+,16+,17?,18-;12-,13-,14+,15+,16+,17?,18-;;;;;;/m00000....../s1. The molecule has 0 aromatic heterocycles. The quantitative estimate of drug-likeness (QED) is 0.0279. The van der Waals surface area contributed by atoms with Crippen molar-refractivity contribution in [3.63, 3.8) is 0 Å². The fraction of sp³-hybridized carbons (Fsp3) is 0.946. The van der Waals surface area contributed by atoms with Crippen LogP contribution in [0.15, 0.2) is 0 Å². The molecule has 8 unspecified atom stereocenters. The number of hydrogen-bond acceptors (Lipinski definition) is 44. The molecule has 0 radical (unpaired) electrons. The van der Waals surface area contributed by atoms with Gasteiger partial charge in [-0.25, -0.2) is 0 Å². The van der Waals surface area contributed by atoms with Crippen molar-refractivity contribution in [2.45, 2.75) is 484 Å². The van der Waals surface area contributed by atoms with E-state index in [9.17, 15) is 47.3 Å². The van der Waals surface area contributed by atoms with Gasteiger partial charge in [0.05, 0.1) is 124 Å². The molecule has 44 nitrogen and oxygen atoms in total. The first-order valence-electron chi connectivity index (χ1n) is 49.9. The molecule has 1 saturated carbocycles. The summed E-state index contributed by atoms with van der Waals surface area (Å²) < 4.78 is 222. The van der Waals surface area contributed by atoms with Gasteiger partial charge in [-0.1, -0.05) is 6.92 Å². The van der Waals surface area contributed by atoms with Gasteiger partial charge in [0.15, 0.2) is 5.72 Å². The van der Waals surface area contributed by atoms with Crippen LogP contribution in [0.5, 0.6) is 0 Å². The van der Waals surface area contributed by atoms with Gasteiger partial charge in [-0.3, -0.25) is 28.6 Å². The molecule has 10 rings (SSSR count). The third-order valence-corrected chi connectivity index (χ3v) is 28.5. The van der Waals surface area contributed by atoms with E-state index in [1.54, 1.807) is 20.8 Å². The smallest absolute Gasteiger partial charge is 0.265 e. The predicted octanol–water partition coefficient (Wildman–Crippen LogP) is 9.25. The van der Waals surface area contributed by atoms with Crippen molar-refractivity contribution in [1.29, 1.82) is 0 Å². The molecule has 0 bridgehead atoms. The molecular formula is C92H174N5O39P5W6-10. The number of ether oxygens (including phenoxy) is 19. The molecule has 9 heterocycles. The molecule has 0 aromatic carbocycles. The Bertz CT molecular complexity index is 3660. The average Bonchev–Trinajstić information content (AvgIpc) is 1.64. The Morgan fingerprint density at radius 2 is 0.680 bits per heavy atom. The second-order valence-corrected chi connectivity index (χ2v) is 47.7. The van der Waals surface area contributed by atoms with Gasteiger partial charge in [-0.15, -0.1) is 24.4 Å². The molecule has 9 saturated heterocycles. The topological polar surface area (TPSA) is 598 Å². The van der Waals surface area contributed by atoms with Crippen LogP contribution < -0.4 is 53.1 Å². The van der Waals surface area contributed by atoms with Gasteiger partial charge in [0.1, 0.15) is 42.2 Å². The minimum absolute atomic E-state index is 0. The van der Waals surface area contributed by atoms with Gasteiger partial charge < -0.3 is 183 Å². The van der Waals surface area contributed by atoms with Gasteiger partial charge in [-0.2, -0.15) is 6.61 Å². The third kappa shape index (κ3) is 53.7. The summed E-state index contributed by atoms with van der Waals surface area (Å²) >= 11 is 0. The van der Waals surface area contributed by atoms with Gasteiger partial charge in [0, 0.05) is 207 Å². The number of phosphoric ester groups is 5. The summed E-state index contributed by atoms with van der Waals surface area (Å²) in [6.07, 6.45) is -2.63. The monoisotopic (exact) mass is 3230 g/mol. The van der Waals surface area contributed by atoms with Crippen molar-refractivity contribution in [2.75, 3.05) is 66.0 Å². The maximum Gasteiger partial charge on any atom is 0.265 e. The molecule has 0 aromatic rings. The molecule has 10 aliphatic rings. The van der Waals surface area contributed by atoms with Crippen LogP contribution in [0.3, 0.4) is 0 Å². The van der Waals surface area contributed by atoms with E-state index in [1.165, 1.54) is 0 Å². The molecule has 0 amide bonds. The Morgan fingerprint density at radius 3 is 1.04 bits per heavy atom. The molecule has 1 aliphatic carbocycles. The summed E-state index contributed by atoms with van der Waals surface area (Å²) in [7, 11) is -23.1. The minimum Gasteiger partial charge on any atom is -0.758 e. The molecule has 10 N–H and O–H groups in total. The van der Waals surface area contributed by atoms with Gasteiger partial charge in [0.25, 0.3) is 31.3 Å². The van der Waals surface area contributed by atoms with E-state index in [1.807, 2.05) is 187 Å². The van der Waals surface area contributed by atoms with E-state index in [-0.39, 0.29) is 350 Å². The first-order chi connectivity index (χ1) is 65.3. The van der Waals surface area contributed by atoms with E-state index in [2.05, 4.69) is 0 Å². The van der Waals surface area contributed by atoms with Crippen LogP contribution >= 0.6 is 39.1 Å². The minimum atomic E-state index is -4.68. The largest absolute Gasteiger partial charge is 0.758 e. The SMILES string of the molecule is CC(C)OC[C@@]1(CN)O[C@@H](C)C[C@H]1OP(=O)([O-])OC[C-]1O[C@@H](C)C[C@H]1OC(C)C.CC(C)OC[C@@]1(N)O[C@@H](C)C[C@H]1OP(=O)([O-])OC[C-]1O[C@@H](C)C[C@H]1OC(C)C.CC(C)OC[C@H]1C(N)[C@@H](C)C[C@H]1OP(=O)([O-])OC[C-]1O[C@@H](C)C[C@H]1OC(C)C.CC(C)OC[C@H]1O[C@@H](C)C(N)[C@H]1OP(=O)([O-])OC[C-]1O[C@@H](C)C[C@H]1OC(C)C.CC(C)OC[C@H]1O[C@@H](C)C(N)[C@H]1OP(=O)([O-])O[CH-][C@H]1O[C@@H](C)C[C@H]1OC(C)C.[W].[W].[W].[W].[W].[W]. The van der Waals surface area contributed by atoms with E-state index < -0.39 is 111 Å². The van der Waals surface area contributed by atoms with Crippen molar-refractivity contribution in [2.24, 2.45) is 40.5 Å². The molecule has 9 aliphatic heterocycles. The van der Waals surface area contributed by atoms with Crippen molar-refractivity contribution < 1.29 is 309 Å². The molecular weight excluding hydrogens is 3060 g/mol. The van der Waals surface area contributed by atoms with Crippen molar-refractivity contribution in [1.82, 2.24) is 0 Å². The van der Waals surface area contributed by atoms with Crippen molar-refractivity contribution >= 4 is 39.1 Å². The zero-order chi connectivity index (χ0) is 106. The van der Waals surface area contributed by atoms with Crippen LogP contribution in [0.2, 0.25) is 0 Å². The Morgan fingerprint density at radius 1 is 0.354 bits per heavy atom. The molecule has 0 spiro atoms. The van der Waals surface area contributed by atoms with Crippen LogP contribution in [0.4, 0.5) is 0 Å². The van der Waals surface area contributed by atoms with E-state index in [0.717, 1.165) is 6.61 Å². The normalized spacial score (nSPS) is 35.2. The maximum atomic E-state index is 12.5. The summed E-state index contributed by atoms with van der Waals surface area (Å²) in [6, 6.07) is -1.41. The molecule has 147 heavy (non-hydrogen) atoms. The summed E-state index contributed by atoms with van der Waals surface area (Å²) in [5, 5.41) is 0. The zero-order valence-electron chi connectivity index (χ0n) is 91.2. The van der Waals surface area contributed by atoms with Crippen LogP contribution in [0, 0.1) is 42.9 Å². The van der Waals surface area contributed by atoms with E-state index in [0.29, 0.717) is 82.4 Å². The summed E-state index contributed by atoms with van der Waals surface area (Å²) in [5.74, 6) is -0.0568. The maximum absolute atomic E-state index is 12.5. The van der Waals surface area contributed by atoms with Gasteiger partial charge in [0.2, 0.25) is 7.82 Å². The van der Waals surface area contributed by atoms with E-state index in [4.69, 9.17) is 164 Å². The number of nitrogens with two attached hydrogens (primary N) is 5. The number of rotatable bonds is 51. The second kappa shape index (κ2) is 70.5. The van der Waals surface area contributed by atoms with Crippen molar-refractivity contribution in [3.05, 3.63) is 31.0 Å². The fourth-order valence-electron chi connectivity index (χ4n) is 17.2.